The molecule has 1 heterocycles. The van der Waals surface area contributed by atoms with Gasteiger partial charge in [-0.15, -0.1) is 0 Å². The molecule has 0 aliphatic rings. The van der Waals surface area contributed by atoms with Crippen molar-refractivity contribution in [1.29, 1.82) is 0 Å². The molecule has 0 saturated heterocycles. The average Bonchev–Trinajstić information content (AvgIpc) is 2.65. The van der Waals surface area contributed by atoms with Crippen LogP contribution in [0.4, 0.5) is 0 Å². The highest BCUT2D eigenvalue weighted by molar-refractivity contribution is 14.1. The Hall–Kier alpha value is -0.840. The van der Waals surface area contributed by atoms with Crippen molar-refractivity contribution in [2.45, 2.75) is 13.0 Å². The molecule has 2 aromatic rings. The Morgan fingerprint density at radius 2 is 2.13 bits per heavy atom. The number of aromatic nitrogens is 1. The van der Waals surface area contributed by atoms with E-state index in [2.05, 4.69) is 33.2 Å². The Bertz CT molecular complexity index is 475. The molecule has 0 bridgehead atoms. The van der Waals surface area contributed by atoms with E-state index in [9.17, 15) is 4.79 Å². The minimum absolute atomic E-state index is 0.791. The Morgan fingerprint density at radius 3 is 2.87 bits per heavy atom. The van der Waals surface area contributed by atoms with E-state index in [1.165, 1.54) is 0 Å². The topological polar surface area (TPSA) is 22.0 Å². The molecule has 0 spiro atoms. The van der Waals surface area contributed by atoms with Gasteiger partial charge in [-0.3, -0.25) is 4.79 Å². The van der Waals surface area contributed by atoms with Gasteiger partial charge in [0.15, 0.2) is 6.29 Å². The number of fused-ring (bicyclic) bond motifs is 1. The van der Waals surface area contributed by atoms with Crippen molar-refractivity contribution in [2.24, 2.45) is 0 Å². The third-order valence-electron chi connectivity index (χ3n) is 2.48. The molecule has 0 amide bonds. The largest absolute Gasteiger partial charge is 0.347 e. The molecule has 2 nitrogen and oxygen atoms in total. The minimum Gasteiger partial charge on any atom is -0.347 e. The molecular formula is C12H12INO. The summed E-state index contributed by atoms with van der Waals surface area (Å²) < 4.78 is 3.30. The fourth-order valence-corrected chi connectivity index (χ4v) is 2.13. The lowest BCUT2D eigenvalue weighted by molar-refractivity contribution is 0.112. The van der Waals surface area contributed by atoms with Crippen LogP contribution in [-0.4, -0.2) is 15.3 Å². The minimum atomic E-state index is 0.791. The summed E-state index contributed by atoms with van der Waals surface area (Å²) in [7, 11) is 0. The van der Waals surface area contributed by atoms with Crippen molar-refractivity contribution in [3.8, 4) is 0 Å². The first-order valence-electron chi connectivity index (χ1n) is 4.96. The molecular weight excluding hydrogens is 301 g/mol. The third-order valence-corrected chi connectivity index (χ3v) is 3.24. The molecule has 15 heavy (non-hydrogen) atoms. The van der Waals surface area contributed by atoms with Crippen LogP contribution in [0.5, 0.6) is 0 Å². The molecule has 0 unspecified atom stereocenters. The molecule has 0 atom stereocenters. The number of para-hydroxylation sites is 1. The first-order valence-corrected chi connectivity index (χ1v) is 6.48. The average molecular weight is 313 g/mol. The number of alkyl halides is 1. The van der Waals surface area contributed by atoms with Crippen LogP contribution in [0.1, 0.15) is 16.8 Å². The number of hydrogen-bond acceptors (Lipinski definition) is 1. The summed E-state index contributed by atoms with van der Waals surface area (Å²) in [5, 5.41) is 1.06. The summed E-state index contributed by atoms with van der Waals surface area (Å²) in [6.07, 6.45) is 4.02. The second kappa shape index (κ2) is 4.79. The van der Waals surface area contributed by atoms with Crippen LogP contribution in [0, 0.1) is 0 Å². The standard InChI is InChI=1S/C12H12INO/c13-6-3-7-14-8-10(9-15)11-4-1-2-5-12(11)14/h1-2,4-5,8-9H,3,6-7H2. The maximum absolute atomic E-state index is 10.9. The van der Waals surface area contributed by atoms with E-state index in [1.54, 1.807) is 0 Å². The number of hydrogen-bond donors (Lipinski definition) is 0. The van der Waals surface area contributed by atoms with Crippen LogP contribution >= 0.6 is 22.6 Å². The summed E-state index contributed by atoms with van der Waals surface area (Å²) in [5.74, 6) is 0. The predicted molar refractivity (Wildman–Crippen MR) is 70.8 cm³/mol. The zero-order valence-electron chi connectivity index (χ0n) is 8.32. The van der Waals surface area contributed by atoms with Crippen LogP contribution in [0.15, 0.2) is 30.5 Å². The van der Waals surface area contributed by atoms with Crippen molar-refractivity contribution in [3.05, 3.63) is 36.0 Å². The Labute approximate surface area is 102 Å². The fourth-order valence-electron chi connectivity index (χ4n) is 1.78. The van der Waals surface area contributed by atoms with E-state index >= 15 is 0 Å². The molecule has 3 heteroatoms. The van der Waals surface area contributed by atoms with Gasteiger partial charge >= 0.3 is 0 Å². The summed E-state index contributed by atoms with van der Waals surface area (Å²) in [6, 6.07) is 8.05. The van der Waals surface area contributed by atoms with Crippen LogP contribution in [-0.2, 0) is 6.54 Å². The first-order chi connectivity index (χ1) is 7.36. The van der Waals surface area contributed by atoms with E-state index in [0.29, 0.717) is 0 Å². The monoisotopic (exact) mass is 313 g/mol. The maximum Gasteiger partial charge on any atom is 0.152 e. The van der Waals surface area contributed by atoms with Crippen molar-refractivity contribution >= 4 is 39.8 Å². The predicted octanol–water partition coefficient (Wildman–Crippen LogP) is 3.28. The van der Waals surface area contributed by atoms with Crippen molar-refractivity contribution in [3.63, 3.8) is 0 Å². The number of benzene rings is 1. The van der Waals surface area contributed by atoms with Crippen molar-refractivity contribution < 1.29 is 4.79 Å². The first kappa shape index (κ1) is 10.7. The highest BCUT2D eigenvalue weighted by atomic mass is 127. The molecule has 0 aliphatic carbocycles. The summed E-state index contributed by atoms with van der Waals surface area (Å²) in [5.41, 5.74) is 1.95. The van der Waals surface area contributed by atoms with E-state index in [0.717, 1.165) is 40.1 Å². The lowest BCUT2D eigenvalue weighted by Gasteiger charge is -2.02. The molecule has 1 aromatic carbocycles. The number of halogens is 1. The van der Waals surface area contributed by atoms with Gasteiger partial charge in [0.2, 0.25) is 0 Å². The highest BCUT2D eigenvalue weighted by Crippen LogP contribution is 2.20. The second-order valence-corrected chi connectivity index (χ2v) is 4.53. The van der Waals surface area contributed by atoms with Gasteiger partial charge in [-0.05, 0) is 12.5 Å². The molecule has 0 saturated carbocycles. The van der Waals surface area contributed by atoms with Gasteiger partial charge in [0.25, 0.3) is 0 Å². The molecule has 0 radical (unpaired) electrons. The number of rotatable bonds is 4. The zero-order valence-corrected chi connectivity index (χ0v) is 10.5. The van der Waals surface area contributed by atoms with E-state index in [4.69, 9.17) is 0 Å². The lowest BCUT2D eigenvalue weighted by atomic mass is 10.2. The second-order valence-electron chi connectivity index (χ2n) is 3.46. The number of carbonyl (C=O) groups excluding carboxylic acids is 1. The van der Waals surface area contributed by atoms with Gasteiger partial charge in [-0.2, -0.15) is 0 Å². The Balaban J connectivity index is 2.50. The molecule has 1 aromatic heterocycles. The van der Waals surface area contributed by atoms with Crippen LogP contribution < -0.4 is 0 Å². The van der Waals surface area contributed by atoms with E-state index in [1.807, 2.05) is 24.4 Å². The quantitative estimate of drug-likeness (QED) is 0.482. The van der Waals surface area contributed by atoms with E-state index in [-0.39, 0.29) is 0 Å². The Kier molecular flexibility index (Phi) is 3.41. The molecule has 0 aliphatic heterocycles. The highest BCUT2D eigenvalue weighted by Gasteiger charge is 2.05. The summed E-state index contributed by atoms with van der Waals surface area (Å²) >= 11 is 2.37. The third kappa shape index (κ3) is 2.07. The molecule has 0 N–H and O–H groups in total. The van der Waals surface area contributed by atoms with Crippen molar-refractivity contribution in [2.75, 3.05) is 4.43 Å². The van der Waals surface area contributed by atoms with Gasteiger partial charge in [-0.25, -0.2) is 0 Å². The van der Waals surface area contributed by atoms with Gasteiger partial charge in [-0.1, -0.05) is 40.8 Å². The van der Waals surface area contributed by atoms with Gasteiger partial charge in [0, 0.05) is 33.6 Å². The summed E-state index contributed by atoms with van der Waals surface area (Å²) in [6.45, 7) is 0.983. The number of carbonyl (C=O) groups is 1. The van der Waals surface area contributed by atoms with E-state index < -0.39 is 0 Å². The zero-order chi connectivity index (χ0) is 10.7. The molecule has 2 rings (SSSR count). The van der Waals surface area contributed by atoms with Crippen LogP contribution in [0.3, 0.4) is 0 Å². The summed E-state index contributed by atoms with van der Waals surface area (Å²) in [4.78, 5) is 10.9. The smallest absolute Gasteiger partial charge is 0.152 e. The number of aryl methyl sites for hydroxylation is 1. The fraction of sp³-hybridized carbons (Fsp3) is 0.250. The van der Waals surface area contributed by atoms with Gasteiger partial charge < -0.3 is 4.57 Å². The number of aldehydes is 1. The number of nitrogens with zero attached hydrogens (tertiary/aromatic N) is 1. The van der Waals surface area contributed by atoms with Crippen LogP contribution in [0.2, 0.25) is 0 Å². The maximum atomic E-state index is 10.9. The molecule has 0 fully saturated rings. The lowest BCUT2D eigenvalue weighted by Crippen LogP contribution is -1.95. The molecule has 78 valence electrons. The van der Waals surface area contributed by atoms with Gasteiger partial charge in [0.1, 0.15) is 0 Å². The van der Waals surface area contributed by atoms with Crippen molar-refractivity contribution in [1.82, 2.24) is 4.57 Å². The van der Waals surface area contributed by atoms with Crippen LogP contribution in [0.25, 0.3) is 10.9 Å². The normalized spacial score (nSPS) is 10.7. The Morgan fingerprint density at radius 1 is 1.33 bits per heavy atom. The SMILES string of the molecule is O=Cc1cn(CCCI)c2ccccc12. The van der Waals surface area contributed by atoms with Gasteiger partial charge in [0.05, 0.1) is 0 Å².